The maximum absolute atomic E-state index is 10.3. The van der Waals surface area contributed by atoms with Crippen LogP contribution in [0.3, 0.4) is 0 Å². The molecular formula is C10H11BrO2. The van der Waals surface area contributed by atoms with Gasteiger partial charge in [0.25, 0.3) is 0 Å². The molecule has 1 N–H and O–H groups in total. The number of rotatable bonds is 4. The molecule has 0 aliphatic heterocycles. The summed E-state index contributed by atoms with van der Waals surface area (Å²) in [7, 11) is 0. The standard InChI is InChI=1S/C10H11BrO2/c11-9-6-2-1-4-8(9)5-3-7-10(12)13/h1-2,4,6H,3,5,7H2,(H,12,13). The minimum absolute atomic E-state index is 0.237. The molecular weight excluding hydrogens is 232 g/mol. The zero-order valence-corrected chi connectivity index (χ0v) is 8.75. The summed E-state index contributed by atoms with van der Waals surface area (Å²) in [5, 5.41) is 8.45. The predicted octanol–water partition coefficient (Wildman–Crippen LogP) is 2.86. The number of aryl methyl sites for hydroxylation is 1. The number of carbonyl (C=O) groups is 1. The number of hydrogen-bond donors (Lipinski definition) is 1. The fourth-order valence-electron chi connectivity index (χ4n) is 1.13. The highest BCUT2D eigenvalue weighted by molar-refractivity contribution is 9.10. The Balaban J connectivity index is 2.45. The van der Waals surface area contributed by atoms with Crippen molar-refractivity contribution in [3.05, 3.63) is 34.3 Å². The highest BCUT2D eigenvalue weighted by atomic mass is 79.9. The third-order valence-corrected chi connectivity index (χ3v) is 2.57. The van der Waals surface area contributed by atoms with E-state index in [-0.39, 0.29) is 6.42 Å². The fourth-order valence-corrected chi connectivity index (χ4v) is 1.61. The van der Waals surface area contributed by atoms with Crippen LogP contribution in [0, 0.1) is 0 Å². The van der Waals surface area contributed by atoms with E-state index < -0.39 is 5.97 Å². The SMILES string of the molecule is O=C(O)CCCc1ccccc1Br. The summed E-state index contributed by atoms with van der Waals surface area (Å²) in [5.41, 5.74) is 1.17. The van der Waals surface area contributed by atoms with Crippen LogP contribution in [0.1, 0.15) is 18.4 Å². The summed E-state index contributed by atoms with van der Waals surface area (Å²) >= 11 is 3.42. The molecule has 1 aromatic carbocycles. The summed E-state index contributed by atoms with van der Waals surface area (Å²) in [6, 6.07) is 7.88. The van der Waals surface area contributed by atoms with Crippen molar-refractivity contribution in [1.29, 1.82) is 0 Å². The molecule has 1 rings (SSSR count). The zero-order valence-electron chi connectivity index (χ0n) is 7.16. The van der Waals surface area contributed by atoms with Gasteiger partial charge < -0.3 is 5.11 Å². The van der Waals surface area contributed by atoms with Gasteiger partial charge in [-0.3, -0.25) is 4.79 Å². The van der Waals surface area contributed by atoms with Gasteiger partial charge in [0.1, 0.15) is 0 Å². The lowest BCUT2D eigenvalue weighted by molar-refractivity contribution is -0.137. The van der Waals surface area contributed by atoms with Crippen LogP contribution >= 0.6 is 15.9 Å². The van der Waals surface area contributed by atoms with Gasteiger partial charge in [0.2, 0.25) is 0 Å². The minimum Gasteiger partial charge on any atom is -0.481 e. The Bertz CT molecular complexity index is 297. The van der Waals surface area contributed by atoms with Crippen molar-refractivity contribution in [2.75, 3.05) is 0 Å². The maximum Gasteiger partial charge on any atom is 0.303 e. The largest absolute Gasteiger partial charge is 0.481 e. The number of aliphatic carboxylic acids is 1. The molecule has 2 nitrogen and oxygen atoms in total. The van der Waals surface area contributed by atoms with E-state index in [1.54, 1.807) is 0 Å². The molecule has 3 heteroatoms. The Hall–Kier alpha value is -0.830. The second-order valence-corrected chi connectivity index (χ2v) is 3.69. The number of carboxylic acids is 1. The van der Waals surface area contributed by atoms with Gasteiger partial charge in [-0.05, 0) is 24.5 Å². The average molecular weight is 243 g/mol. The first-order valence-corrected chi connectivity index (χ1v) is 4.94. The fraction of sp³-hybridized carbons (Fsp3) is 0.300. The Kier molecular flexibility index (Phi) is 3.96. The smallest absolute Gasteiger partial charge is 0.303 e. The molecule has 70 valence electrons. The first kappa shape index (κ1) is 10.3. The molecule has 0 aliphatic carbocycles. The van der Waals surface area contributed by atoms with E-state index in [9.17, 15) is 4.79 Å². The average Bonchev–Trinajstić information content (AvgIpc) is 2.08. The Morgan fingerprint density at radius 3 is 2.69 bits per heavy atom. The molecule has 13 heavy (non-hydrogen) atoms. The topological polar surface area (TPSA) is 37.3 Å². The molecule has 0 saturated carbocycles. The maximum atomic E-state index is 10.3. The number of hydrogen-bond acceptors (Lipinski definition) is 1. The molecule has 0 heterocycles. The first-order chi connectivity index (χ1) is 6.20. The van der Waals surface area contributed by atoms with Crippen LogP contribution in [0.25, 0.3) is 0 Å². The number of carboxylic acid groups (broad SMARTS) is 1. The van der Waals surface area contributed by atoms with Gasteiger partial charge >= 0.3 is 5.97 Å². The molecule has 0 aliphatic rings. The van der Waals surface area contributed by atoms with Crippen LogP contribution in [0.15, 0.2) is 28.7 Å². The van der Waals surface area contributed by atoms with Crippen LogP contribution in [-0.4, -0.2) is 11.1 Å². The van der Waals surface area contributed by atoms with E-state index in [0.29, 0.717) is 6.42 Å². The summed E-state index contributed by atoms with van der Waals surface area (Å²) in [6.07, 6.45) is 1.74. The van der Waals surface area contributed by atoms with E-state index >= 15 is 0 Å². The van der Waals surface area contributed by atoms with Gasteiger partial charge in [-0.2, -0.15) is 0 Å². The Labute approximate surface area is 85.7 Å². The number of halogens is 1. The van der Waals surface area contributed by atoms with Crippen molar-refractivity contribution < 1.29 is 9.90 Å². The molecule has 0 aromatic heterocycles. The Morgan fingerprint density at radius 2 is 2.08 bits per heavy atom. The molecule has 0 atom stereocenters. The normalized spacial score (nSPS) is 9.92. The van der Waals surface area contributed by atoms with Crippen LogP contribution in [0.5, 0.6) is 0 Å². The molecule has 0 spiro atoms. The van der Waals surface area contributed by atoms with Crippen LogP contribution in [0.4, 0.5) is 0 Å². The third kappa shape index (κ3) is 3.59. The molecule has 1 aromatic rings. The van der Waals surface area contributed by atoms with Crippen molar-refractivity contribution in [2.24, 2.45) is 0 Å². The second kappa shape index (κ2) is 5.02. The quantitative estimate of drug-likeness (QED) is 0.882. The third-order valence-electron chi connectivity index (χ3n) is 1.79. The van der Waals surface area contributed by atoms with Gasteiger partial charge in [-0.15, -0.1) is 0 Å². The van der Waals surface area contributed by atoms with Crippen LogP contribution < -0.4 is 0 Å². The van der Waals surface area contributed by atoms with Gasteiger partial charge in [-0.25, -0.2) is 0 Å². The van der Waals surface area contributed by atoms with E-state index in [1.165, 1.54) is 5.56 Å². The van der Waals surface area contributed by atoms with E-state index in [0.717, 1.165) is 10.9 Å². The van der Waals surface area contributed by atoms with Crippen molar-refractivity contribution in [2.45, 2.75) is 19.3 Å². The molecule has 0 bridgehead atoms. The van der Waals surface area contributed by atoms with Gasteiger partial charge in [0.15, 0.2) is 0 Å². The van der Waals surface area contributed by atoms with E-state index in [2.05, 4.69) is 15.9 Å². The minimum atomic E-state index is -0.730. The lowest BCUT2D eigenvalue weighted by Gasteiger charge is -2.01. The highest BCUT2D eigenvalue weighted by Gasteiger charge is 2.00. The van der Waals surface area contributed by atoms with Gasteiger partial charge in [0, 0.05) is 10.9 Å². The molecule has 0 radical (unpaired) electrons. The second-order valence-electron chi connectivity index (χ2n) is 2.84. The monoisotopic (exact) mass is 242 g/mol. The van der Waals surface area contributed by atoms with E-state index in [1.807, 2.05) is 24.3 Å². The molecule has 0 unspecified atom stereocenters. The van der Waals surface area contributed by atoms with Crippen molar-refractivity contribution in [1.82, 2.24) is 0 Å². The lowest BCUT2D eigenvalue weighted by atomic mass is 10.1. The summed E-state index contributed by atoms with van der Waals surface area (Å²) in [5.74, 6) is -0.730. The molecule has 0 saturated heterocycles. The van der Waals surface area contributed by atoms with Crippen molar-refractivity contribution >= 4 is 21.9 Å². The van der Waals surface area contributed by atoms with Crippen LogP contribution in [0.2, 0.25) is 0 Å². The number of benzene rings is 1. The van der Waals surface area contributed by atoms with Crippen molar-refractivity contribution in [3.8, 4) is 0 Å². The predicted molar refractivity (Wildman–Crippen MR) is 54.7 cm³/mol. The lowest BCUT2D eigenvalue weighted by Crippen LogP contribution is -1.96. The molecule has 0 amide bonds. The summed E-state index contributed by atoms with van der Waals surface area (Å²) in [6.45, 7) is 0. The first-order valence-electron chi connectivity index (χ1n) is 4.15. The van der Waals surface area contributed by atoms with Gasteiger partial charge in [0.05, 0.1) is 0 Å². The van der Waals surface area contributed by atoms with E-state index in [4.69, 9.17) is 5.11 Å². The highest BCUT2D eigenvalue weighted by Crippen LogP contribution is 2.17. The molecule has 0 fully saturated rings. The van der Waals surface area contributed by atoms with Gasteiger partial charge in [-0.1, -0.05) is 34.1 Å². The van der Waals surface area contributed by atoms with Crippen LogP contribution in [-0.2, 0) is 11.2 Å². The Morgan fingerprint density at radius 1 is 1.38 bits per heavy atom. The zero-order chi connectivity index (χ0) is 9.68. The summed E-state index contributed by atoms with van der Waals surface area (Å²) < 4.78 is 1.06. The van der Waals surface area contributed by atoms with Crippen molar-refractivity contribution in [3.63, 3.8) is 0 Å². The summed E-state index contributed by atoms with van der Waals surface area (Å²) in [4.78, 5) is 10.3.